The average molecular weight is 408 g/mol. The first-order valence-electron chi connectivity index (χ1n) is 9.09. The van der Waals surface area contributed by atoms with Crippen LogP contribution in [0.4, 0.5) is 5.69 Å². The molecular formula is C19H24N2O6S. The summed E-state index contributed by atoms with van der Waals surface area (Å²) in [5, 5.41) is 10.6. The Morgan fingerprint density at radius 3 is 2.36 bits per heavy atom. The van der Waals surface area contributed by atoms with Crippen LogP contribution in [0.25, 0.3) is 6.08 Å². The summed E-state index contributed by atoms with van der Waals surface area (Å²) in [5.74, 6) is 0.0107. The molecule has 0 unspecified atom stereocenters. The predicted octanol–water partition coefficient (Wildman–Crippen LogP) is 2.38. The summed E-state index contributed by atoms with van der Waals surface area (Å²) in [7, 11) is -1.28. The van der Waals surface area contributed by atoms with E-state index < -0.39 is 14.8 Å². The first-order valence-corrected chi connectivity index (χ1v) is 10.9. The zero-order valence-corrected chi connectivity index (χ0v) is 16.6. The molecule has 1 aliphatic rings. The summed E-state index contributed by atoms with van der Waals surface area (Å²) >= 11 is 0. The summed E-state index contributed by atoms with van der Waals surface area (Å²) in [5.41, 5.74) is 0.670. The number of nitrogens with zero attached hydrogens (tertiary/aromatic N) is 2. The number of non-ortho nitro benzene ring substituents is 1. The molecule has 1 fully saturated rings. The first kappa shape index (κ1) is 21.7. The largest absolute Gasteiger partial charge is 0.343 e. The summed E-state index contributed by atoms with van der Waals surface area (Å²) in [6.45, 7) is 0. The van der Waals surface area contributed by atoms with Gasteiger partial charge in [-0.3, -0.25) is 19.7 Å². The fourth-order valence-corrected chi connectivity index (χ4v) is 4.50. The van der Waals surface area contributed by atoms with Gasteiger partial charge in [0.05, 0.1) is 16.4 Å². The first-order chi connectivity index (χ1) is 13.2. The van der Waals surface area contributed by atoms with Crippen LogP contribution in [-0.4, -0.2) is 54.5 Å². The van der Waals surface area contributed by atoms with E-state index in [4.69, 9.17) is 0 Å². The van der Waals surface area contributed by atoms with Crippen molar-refractivity contribution in [2.75, 3.05) is 18.6 Å². The molecule has 0 aromatic heterocycles. The topological polar surface area (TPSA) is 115 Å². The molecule has 152 valence electrons. The number of nitro groups is 1. The minimum absolute atomic E-state index is 0.0123. The van der Waals surface area contributed by atoms with Crippen LogP contribution in [0.15, 0.2) is 30.3 Å². The lowest BCUT2D eigenvalue weighted by Crippen LogP contribution is -2.42. The minimum atomic E-state index is -2.96. The zero-order chi connectivity index (χ0) is 20.7. The molecule has 0 saturated carbocycles. The molecule has 1 saturated heterocycles. The Bertz CT molecular complexity index is 847. The van der Waals surface area contributed by atoms with Crippen LogP contribution in [0.5, 0.6) is 0 Å². The molecular weight excluding hydrogens is 384 g/mol. The van der Waals surface area contributed by atoms with E-state index >= 15 is 0 Å². The molecule has 0 aliphatic carbocycles. The van der Waals surface area contributed by atoms with E-state index in [0.717, 1.165) is 0 Å². The molecule has 0 bridgehead atoms. The molecule has 8 nitrogen and oxygen atoms in total. The van der Waals surface area contributed by atoms with Crippen molar-refractivity contribution in [3.63, 3.8) is 0 Å². The molecule has 0 spiro atoms. The Balaban J connectivity index is 1.73. The number of carbonyl (C=O) groups excluding carboxylic acids is 2. The van der Waals surface area contributed by atoms with E-state index in [1.54, 1.807) is 30.2 Å². The van der Waals surface area contributed by atoms with Crippen molar-refractivity contribution in [2.45, 2.75) is 38.1 Å². The number of ketones is 1. The van der Waals surface area contributed by atoms with E-state index in [1.165, 1.54) is 18.2 Å². The number of nitro benzene ring substituents is 1. The van der Waals surface area contributed by atoms with Gasteiger partial charge in [0.25, 0.3) is 5.69 Å². The van der Waals surface area contributed by atoms with Crippen LogP contribution >= 0.6 is 0 Å². The number of rotatable bonds is 8. The van der Waals surface area contributed by atoms with Crippen molar-refractivity contribution in [1.29, 1.82) is 0 Å². The molecule has 0 radical (unpaired) electrons. The van der Waals surface area contributed by atoms with Crippen LogP contribution < -0.4 is 0 Å². The lowest BCUT2D eigenvalue weighted by atomic mass is 10.1. The predicted molar refractivity (Wildman–Crippen MR) is 105 cm³/mol. The maximum atomic E-state index is 12.2. The van der Waals surface area contributed by atoms with Gasteiger partial charge in [0, 0.05) is 38.1 Å². The van der Waals surface area contributed by atoms with Gasteiger partial charge >= 0.3 is 0 Å². The van der Waals surface area contributed by atoms with E-state index in [2.05, 4.69) is 0 Å². The van der Waals surface area contributed by atoms with Crippen molar-refractivity contribution in [3.8, 4) is 0 Å². The second-order valence-corrected chi connectivity index (χ2v) is 9.19. The van der Waals surface area contributed by atoms with E-state index in [0.29, 0.717) is 24.8 Å². The SMILES string of the molecule is CN(C(=O)CCCC(=O)/C=C/c1ccc([N+](=O)[O-])cc1)C1CCS(=O)(=O)CC1. The summed E-state index contributed by atoms with van der Waals surface area (Å²) in [4.78, 5) is 35.9. The molecule has 1 amide bonds. The van der Waals surface area contributed by atoms with Crippen molar-refractivity contribution in [2.24, 2.45) is 0 Å². The van der Waals surface area contributed by atoms with Gasteiger partial charge in [0.1, 0.15) is 9.84 Å². The van der Waals surface area contributed by atoms with Crippen LogP contribution in [0.3, 0.4) is 0 Å². The van der Waals surface area contributed by atoms with Gasteiger partial charge in [0.15, 0.2) is 5.78 Å². The number of hydrogen-bond acceptors (Lipinski definition) is 6. The third-order valence-electron chi connectivity index (χ3n) is 4.84. The minimum Gasteiger partial charge on any atom is -0.343 e. The highest BCUT2D eigenvalue weighted by atomic mass is 32.2. The molecule has 1 aliphatic heterocycles. The smallest absolute Gasteiger partial charge is 0.269 e. The zero-order valence-electron chi connectivity index (χ0n) is 15.7. The van der Waals surface area contributed by atoms with Gasteiger partial charge in [-0.25, -0.2) is 8.42 Å². The molecule has 0 N–H and O–H groups in total. The fraction of sp³-hybridized carbons (Fsp3) is 0.474. The average Bonchev–Trinajstić information content (AvgIpc) is 2.66. The molecule has 9 heteroatoms. The highest BCUT2D eigenvalue weighted by Crippen LogP contribution is 2.18. The highest BCUT2D eigenvalue weighted by Gasteiger charge is 2.28. The molecule has 1 aromatic rings. The number of amides is 1. The Morgan fingerprint density at radius 2 is 1.79 bits per heavy atom. The molecule has 2 rings (SSSR count). The van der Waals surface area contributed by atoms with E-state index in [1.807, 2.05) is 0 Å². The number of hydrogen-bond donors (Lipinski definition) is 0. The van der Waals surface area contributed by atoms with Crippen molar-refractivity contribution >= 4 is 33.3 Å². The van der Waals surface area contributed by atoms with Gasteiger partial charge in [-0.15, -0.1) is 0 Å². The van der Waals surface area contributed by atoms with Crippen LogP contribution in [-0.2, 0) is 19.4 Å². The third-order valence-corrected chi connectivity index (χ3v) is 6.56. The Hall–Kier alpha value is -2.55. The molecule has 1 heterocycles. The second kappa shape index (κ2) is 9.59. The van der Waals surface area contributed by atoms with Crippen LogP contribution in [0.2, 0.25) is 0 Å². The van der Waals surface area contributed by atoms with Gasteiger partial charge in [0.2, 0.25) is 5.91 Å². The fourth-order valence-electron chi connectivity index (χ4n) is 3.04. The van der Waals surface area contributed by atoms with Gasteiger partial charge in [-0.1, -0.05) is 6.08 Å². The number of carbonyl (C=O) groups is 2. The second-order valence-electron chi connectivity index (χ2n) is 6.89. The molecule has 28 heavy (non-hydrogen) atoms. The third kappa shape index (κ3) is 6.56. The van der Waals surface area contributed by atoms with E-state index in [-0.39, 0.29) is 47.8 Å². The van der Waals surface area contributed by atoms with Crippen molar-refractivity contribution in [1.82, 2.24) is 4.90 Å². The quantitative estimate of drug-likeness (QED) is 0.371. The van der Waals surface area contributed by atoms with E-state index in [9.17, 15) is 28.1 Å². The Labute approximate surface area is 164 Å². The van der Waals surface area contributed by atoms with Crippen LogP contribution in [0.1, 0.15) is 37.7 Å². The normalized spacial score (nSPS) is 16.8. The molecule has 1 aromatic carbocycles. The van der Waals surface area contributed by atoms with Crippen molar-refractivity contribution < 1.29 is 22.9 Å². The summed E-state index contributed by atoms with van der Waals surface area (Å²) < 4.78 is 22.9. The number of allylic oxidation sites excluding steroid dienone is 1. The lowest BCUT2D eigenvalue weighted by molar-refractivity contribution is -0.384. The summed E-state index contributed by atoms with van der Waals surface area (Å²) in [6, 6.07) is 5.80. The highest BCUT2D eigenvalue weighted by molar-refractivity contribution is 7.91. The maximum absolute atomic E-state index is 12.2. The molecule has 0 atom stereocenters. The Kier molecular flexibility index (Phi) is 7.45. The lowest BCUT2D eigenvalue weighted by Gasteiger charge is -2.31. The van der Waals surface area contributed by atoms with Gasteiger partial charge in [-0.2, -0.15) is 0 Å². The monoisotopic (exact) mass is 408 g/mol. The van der Waals surface area contributed by atoms with Gasteiger partial charge < -0.3 is 4.90 Å². The van der Waals surface area contributed by atoms with Gasteiger partial charge in [-0.05, 0) is 43.0 Å². The standard InChI is InChI=1S/C19H24N2O6S/c1-20(16-11-13-28(26,27)14-12-16)19(23)4-2-3-18(22)10-7-15-5-8-17(9-6-15)21(24)25/h5-10,16H,2-4,11-14H2,1H3/b10-7+. The Morgan fingerprint density at radius 1 is 1.18 bits per heavy atom. The summed E-state index contributed by atoms with van der Waals surface area (Å²) in [6.07, 6.45) is 4.78. The van der Waals surface area contributed by atoms with Crippen LogP contribution in [0, 0.1) is 10.1 Å². The number of benzene rings is 1. The number of sulfone groups is 1. The van der Waals surface area contributed by atoms with Crippen molar-refractivity contribution in [3.05, 3.63) is 46.0 Å². The maximum Gasteiger partial charge on any atom is 0.269 e.